The van der Waals surface area contributed by atoms with E-state index in [-0.39, 0.29) is 11.7 Å². The number of hydrogen-bond donors (Lipinski definition) is 1. The van der Waals surface area contributed by atoms with Crippen LogP contribution in [0.5, 0.6) is 11.5 Å². The summed E-state index contributed by atoms with van der Waals surface area (Å²) in [4.78, 5) is 12.5. The average molecular weight is 445 g/mol. The smallest absolute Gasteiger partial charge is 0.248 e. The predicted octanol–water partition coefficient (Wildman–Crippen LogP) is 6.69. The van der Waals surface area contributed by atoms with Crippen LogP contribution in [0, 0.1) is 5.82 Å². The molecule has 0 spiro atoms. The Morgan fingerprint density at radius 1 is 1.09 bits per heavy atom. The molecular formula is C27H24FNO4. The first kappa shape index (κ1) is 22.1. The average Bonchev–Trinajstić information content (AvgIpc) is 3.23. The molecule has 0 aliphatic rings. The monoisotopic (exact) mass is 445 g/mol. The molecule has 0 saturated carbocycles. The topological polar surface area (TPSA) is 60.7 Å². The molecule has 0 atom stereocenters. The van der Waals surface area contributed by atoms with Crippen molar-refractivity contribution < 1.29 is 23.1 Å². The molecule has 6 heteroatoms. The van der Waals surface area contributed by atoms with Gasteiger partial charge in [0.25, 0.3) is 0 Å². The number of hydrogen-bond acceptors (Lipinski definition) is 4. The molecule has 0 aliphatic carbocycles. The maximum atomic E-state index is 13.1. The van der Waals surface area contributed by atoms with E-state index in [1.54, 1.807) is 13.4 Å². The summed E-state index contributed by atoms with van der Waals surface area (Å²) in [6.07, 6.45) is 3.20. The molecule has 168 valence electrons. The highest BCUT2D eigenvalue weighted by Gasteiger charge is 2.15. The minimum absolute atomic E-state index is 0.319. The first-order valence-electron chi connectivity index (χ1n) is 10.6. The van der Waals surface area contributed by atoms with Crippen molar-refractivity contribution in [3.8, 4) is 22.6 Å². The Bertz CT molecular complexity index is 1300. The summed E-state index contributed by atoms with van der Waals surface area (Å²) >= 11 is 0. The molecule has 4 rings (SSSR count). The lowest BCUT2D eigenvalue weighted by atomic mass is 9.99. The molecule has 4 aromatic rings. The van der Waals surface area contributed by atoms with Crippen LogP contribution in [0.4, 0.5) is 10.1 Å². The SMILES string of the molecule is CCOc1ccc(-c2coc3cc(OC)c(/C(C)=C/C(=O)Nc4ccc(F)cc4)cc23)cc1. The van der Waals surface area contributed by atoms with Crippen molar-refractivity contribution in [3.05, 3.63) is 84.4 Å². The van der Waals surface area contributed by atoms with Gasteiger partial charge in [0.2, 0.25) is 5.91 Å². The second-order valence-corrected chi connectivity index (χ2v) is 7.48. The van der Waals surface area contributed by atoms with Gasteiger partial charge >= 0.3 is 0 Å². The van der Waals surface area contributed by atoms with Gasteiger partial charge in [-0.2, -0.15) is 0 Å². The third-order valence-corrected chi connectivity index (χ3v) is 5.26. The second-order valence-electron chi connectivity index (χ2n) is 7.48. The number of ether oxygens (including phenoxy) is 2. The lowest BCUT2D eigenvalue weighted by Crippen LogP contribution is -2.08. The highest BCUT2D eigenvalue weighted by Crippen LogP contribution is 2.37. The third kappa shape index (κ3) is 4.90. The van der Waals surface area contributed by atoms with Crippen molar-refractivity contribution in [1.29, 1.82) is 0 Å². The molecule has 0 saturated heterocycles. The number of nitrogens with one attached hydrogen (secondary N) is 1. The second kappa shape index (κ2) is 9.61. The predicted molar refractivity (Wildman–Crippen MR) is 128 cm³/mol. The number of rotatable bonds is 7. The van der Waals surface area contributed by atoms with Crippen molar-refractivity contribution in [2.45, 2.75) is 13.8 Å². The summed E-state index contributed by atoms with van der Waals surface area (Å²) in [7, 11) is 1.58. The standard InChI is InChI=1S/C27H24FNO4/c1-4-32-21-11-5-18(6-12-21)24-16-33-26-15-25(31-3)22(14-23(24)26)17(2)13-27(30)29-20-9-7-19(28)8-10-20/h5-16H,4H2,1-3H3,(H,29,30)/b17-13+. The molecule has 1 heterocycles. The summed E-state index contributed by atoms with van der Waals surface area (Å²) in [5.41, 5.74) is 4.60. The number of methoxy groups -OCH3 is 1. The van der Waals surface area contributed by atoms with E-state index in [2.05, 4.69) is 5.32 Å². The fraction of sp³-hybridized carbons (Fsp3) is 0.148. The summed E-state index contributed by atoms with van der Waals surface area (Å²) in [5, 5.41) is 3.64. The van der Waals surface area contributed by atoms with Gasteiger partial charge in [0, 0.05) is 34.3 Å². The van der Waals surface area contributed by atoms with Gasteiger partial charge in [0.1, 0.15) is 22.9 Å². The van der Waals surface area contributed by atoms with E-state index in [0.29, 0.717) is 29.2 Å². The lowest BCUT2D eigenvalue weighted by Gasteiger charge is -2.10. The molecule has 0 bridgehead atoms. The van der Waals surface area contributed by atoms with E-state index >= 15 is 0 Å². The summed E-state index contributed by atoms with van der Waals surface area (Å²) in [6, 6.07) is 17.2. The number of halogens is 1. The molecule has 5 nitrogen and oxygen atoms in total. The zero-order valence-electron chi connectivity index (χ0n) is 18.6. The highest BCUT2D eigenvalue weighted by molar-refractivity contribution is 6.05. The van der Waals surface area contributed by atoms with Crippen LogP contribution in [-0.2, 0) is 4.79 Å². The minimum atomic E-state index is -0.360. The van der Waals surface area contributed by atoms with Crippen LogP contribution in [0.25, 0.3) is 27.7 Å². The van der Waals surface area contributed by atoms with Crippen LogP contribution >= 0.6 is 0 Å². The maximum Gasteiger partial charge on any atom is 0.248 e. The van der Waals surface area contributed by atoms with Gasteiger partial charge in [-0.05, 0) is 67.4 Å². The number of allylic oxidation sites excluding steroid dienone is 1. The third-order valence-electron chi connectivity index (χ3n) is 5.26. The Hall–Kier alpha value is -4.06. The van der Waals surface area contributed by atoms with Crippen LogP contribution in [0.15, 0.2) is 77.4 Å². The van der Waals surface area contributed by atoms with Crippen LogP contribution in [0.3, 0.4) is 0 Å². The first-order valence-corrected chi connectivity index (χ1v) is 10.6. The van der Waals surface area contributed by atoms with Crippen LogP contribution < -0.4 is 14.8 Å². The minimum Gasteiger partial charge on any atom is -0.496 e. The molecule has 0 unspecified atom stereocenters. The molecule has 0 radical (unpaired) electrons. The van der Waals surface area contributed by atoms with Crippen LogP contribution in [0.1, 0.15) is 19.4 Å². The summed E-state index contributed by atoms with van der Waals surface area (Å²) in [6.45, 7) is 4.39. The van der Waals surface area contributed by atoms with E-state index in [4.69, 9.17) is 13.9 Å². The number of furan rings is 1. The Morgan fingerprint density at radius 2 is 1.82 bits per heavy atom. The Balaban J connectivity index is 1.67. The van der Waals surface area contributed by atoms with Gasteiger partial charge in [0.15, 0.2) is 0 Å². The normalized spacial score (nSPS) is 11.5. The summed E-state index contributed by atoms with van der Waals surface area (Å²) in [5.74, 6) is 0.724. The Kier molecular flexibility index (Phi) is 6.45. The van der Waals surface area contributed by atoms with Gasteiger partial charge in [0.05, 0.1) is 20.0 Å². The number of benzene rings is 3. The number of carbonyl (C=O) groups excluding carboxylic acids is 1. The van der Waals surface area contributed by atoms with E-state index in [1.807, 2.05) is 50.2 Å². The van der Waals surface area contributed by atoms with E-state index < -0.39 is 0 Å². The van der Waals surface area contributed by atoms with Crippen molar-refractivity contribution in [3.63, 3.8) is 0 Å². The molecule has 33 heavy (non-hydrogen) atoms. The summed E-state index contributed by atoms with van der Waals surface area (Å²) < 4.78 is 30.0. The fourth-order valence-electron chi connectivity index (χ4n) is 3.64. The Labute approximate surface area is 191 Å². The molecule has 0 fully saturated rings. The van der Waals surface area contributed by atoms with Crippen molar-refractivity contribution >= 4 is 28.1 Å². The number of amides is 1. The van der Waals surface area contributed by atoms with E-state index in [0.717, 1.165) is 27.8 Å². The van der Waals surface area contributed by atoms with Crippen molar-refractivity contribution in [1.82, 2.24) is 0 Å². The Morgan fingerprint density at radius 3 is 2.48 bits per heavy atom. The van der Waals surface area contributed by atoms with Crippen molar-refractivity contribution in [2.24, 2.45) is 0 Å². The maximum absolute atomic E-state index is 13.1. The van der Waals surface area contributed by atoms with Gasteiger partial charge < -0.3 is 19.2 Å². The number of fused-ring (bicyclic) bond motifs is 1. The number of carbonyl (C=O) groups is 1. The zero-order chi connectivity index (χ0) is 23.4. The highest BCUT2D eigenvalue weighted by atomic mass is 19.1. The quantitative estimate of drug-likeness (QED) is 0.322. The number of anilines is 1. The first-order chi connectivity index (χ1) is 16.0. The lowest BCUT2D eigenvalue weighted by molar-refractivity contribution is -0.111. The molecule has 0 aliphatic heterocycles. The van der Waals surface area contributed by atoms with Crippen LogP contribution in [0.2, 0.25) is 0 Å². The molecule has 1 amide bonds. The van der Waals surface area contributed by atoms with Gasteiger partial charge in [-0.1, -0.05) is 12.1 Å². The zero-order valence-corrected chi connectivity index (χ0v) is 18.6. The van der Waals surface area contributed by atoms with Crippen molar-refractivity contribution in [2.75, 3.05) is 19.0 Å². The molecule has 1 aromatic heterocycles. The largest absolute Gasteiger partial charge is 0.496 e. The van der Waals surface area contributed by atoms with E-state index in [1.165, 1.54) is 30.3 Å². The van der Waals surface area contributed by atoms with Gasteiger partial charge in [-0.25, -0.2) is 4.39 Å². The molecule has 1 N–H and O–H groups in total. The fourth-order valence-corrected chi connectivity index (χ4v) is 3.64. The molecular weight excluding hydrogens is 421 g/mol. The van der Waals surface area contributed by atoms with Crippen LogP contribution in [-0.4, -0.2) is 19.6 Å². The van der Waals surface area contributed by atoms with Gasteiger partial charge in [-0.15, -0.1) is 0 Å². The van der Waals surface area contributed by atoms with Gasteiger partial charge in [-0.3, -0.25) is 4.79 Å². The molecule has 3 aromatic carbocycles. The van der Waals surface area contributed by atoms with E-state index in [9.17, 15) is 9.18 Å².